The van der Waals surface area contributed by atoms with E-state index in [2.05, 4.69) is 15.9 Å². The molecule has 21 heavy (non-hydrogen) atoms. The molecule has 0 saturated carbocycles. The summed E-state index contributed by atoms with van der Waals surface area (Å²) in [7, 11) is 1.57. The molecule has 7 heteroatoms. The van der Waals surface area contributed by atoms with Crippen molar-refractivity contribution >= 4 is 33.2 Å². The van der Waals surface area contributed by atoms with Crippen molar-refractivity contribution < 1.29 is 14.4 Å². The molecule has 0 N–H and O–H groups in total. The van der Waals surface area contributed by atoms with Gasteiger partial charge < -0.3 is 9.47 Å². The molecule has 0 aromatic heterocycles. The molecule has 0 amide bonds. The molecule has 0 aliphatic carbocycles. The van der Waals surface area contributed by atoms with Gasteiger partial charge in [-0.25, -0.2) is 0 Å². The van der Waals surface area contributed by atoms with Crippen LogP contribution in [0.25, 0.3) is 0 Å². The zero-order valence-electron chi connectivity index (χ0n) is 11.0. The first-order valence-corrected chi connectivity index (χ1v) is 7.07. The number of rotatable bonds is 5. The van der Waals surface area contributed by atoms with Crippen LogP contribution in [-0.4, -0.2) is 12.0 Å². The average molecular weight is 373 g/mol. The standard InChI is InChI=1S/C14H11BrClNO4/c1-20-11-3-4-12(15)9(6-11)8-21-14-5-2-10(16)7-13(14)17(18)19/h2-7H,8H2,1H3. The minimum Gasteiger partial charge on any atom is -0.497 e. The van der Waals surface area contributed by atoms with Crippen LogP contribution in [0.3, 0.4) is 0 Å². The third kappa shape index (κ3) is 3.86. The normalized spacial score (nSPS) is 10.2. The van der Waals surface area contributed by atoms with E-state index in [-0.39, 0.29) is 23.1 Å². The van der Waals surface area contributed by atoms with E-state index in [4.69, 9.17) is 21.1 Å². The van der Waals surface area contributed by atoms with Crippen molar-refractivity contribution in [3.05, 3.63) is 61.6 Å². The lowest BCUT2D eigenvalue weighted by atomic mass is 10.2. The SMILES string of the molecule is COc1ccc(Br)c(COc2ccc(Cl)cc2[N+](=O)[O-])c1. The second kappa shape index (κ2) is 6.78. The predicted octanol–water partition coefficient (Wildman–Crippen LogP) is 4.60. The second-order valence-electron chi connectivity index (χ2n) is 4.12. The van der Waals surface area contributed by atoms with E-state index < -0.39 is 4.92 Å². The molecule has 2 aromatic carbocycles. The smallest absolute Gasteiger partial charge is 0.312 e. The summed E-state index contributed by atoms with van der Waals surface area (Å²) in [6.07, 6.45) is 0. The van der Waals surface area contributed by atoms with Gasteiger partial charge in [0.15, 0.2) is 5.75 Å². The van der Waals surface area contributed by atoms with Gasteiger partial charge in [0, 0.05) is 21.1 Å². The highest BCUT2D eigenvalue weighted by Crippen LogP contribution is 2.31. The molecule has 0 heterocycles. The van der Waals surface area contributed by atoms with E-state index in [0.717, 1.165) is 10.0 Å². The molecule has 0 aliphatic rings. The molecule has 0 saturated heterocycles. The van der Waals surface area contributed by atoms with Crippen LogP contribution in [0.2, 0.25) is 5.02 Å². The van der Waals surface area contributed by atoms with Gasteiger partial charge in [-0.2, -0.15) is 0 Å². The monoisotopic (exact) mass is 371 g/mol. The molecule has 0 aliphatic heterocycles. The molecule has 0 fully saturated rings. The molecule has 0 bridgehead atoms. The van der Waals surface area contributed by atoms with Crippen LogP contribution in [0.4, 0.5) is 5.69 Å². The van der Waals surface area contributed by atoms with Gasteiger partial charge >= 0.3 is 5.69 Å². The third-order valence-corrected chi connectivity index (χ3v) is 3.76. The number of hydrogen-bond donors (Lipinski definition) is 0. The Kier molecular flexibility index (Phi) is 5.03. The van der Waals surface area contributed by atoms with Gasteiger partial charge in [0.2, 0.25) is 0 Å². The Balaban J connectivity index is 2.22. The Hall–Kier alpha value is -1.79. The zero-order valence-corrected chi connectivity index (χ0v) is 13.3. The number of benzene rings is 2. The van der Waals surface area contributed by atoms with Gasteiger partial charge in [0.05, 0.1) is 12.0 Å². The first-order chi connectivity index (χ1) is 10.0. The Morgan fingerprint density at radius 1 is 1.29 bits per heavy atom. The molecule has 110 valence electrons. The summed E-state index contributed by atoms with van der Waals surface area (Å²) in [6.45, 7) is 0.167. The third-order valence-electron chi connectivity index (χ3n) is 2.75. The predicted molar refractivity (Wildman–Crippen MR) is 83.1 cm³/mol. The van der Waals surface area contributed by atoms with Crippen molar-refractivity contribution in [2.24, 2.45) is 0 Å². The quantitative estimate of drug-likeness (QED) is 0.568. The highest BCUT2D eigenvalue weighted by Gasteiger charge is 2.16. The maximum absolute atomic E-state index is 11.0. The number of halogens is 2. The molecule has 0 radical (unpaired) electrons. The summed E-state index contributed by atoms with van der Waals surface area (Å²) in [6, 6.07) is 9.72. The summed E-state index contributed by atoms with van der Waals surface area (Å²) in [4.78, 5) is 10.5. The number of hydrogen-bond acceptors (Lipinski definition) is 4. The number of nitro benzene ring substituents is 1. The summed E-state index contributed by atoms with van der Waals surface area (Å²) < 4.78 is 11.5. The van der Waals surface area contributed by atoms with Gasteiger partial charge in [-0.05, 0) is 30.3 Å². The molecule has 2 rings (SSSR count). The van der Waals surface area contributed by atoms with Crippen molar-refractivity contribution in [3.63, 3.8) is 0 Å². The van der Waals surface area contributed by atoms with E-state index in [9.17, 15) is 10.1 Å². The first-order valence-electron chi connectivity index (χ1n) is 5.90. The summed E-state index contributed by atoms with van der Waals surface area (Å²) >= 11 is 9.16. The minimum atomic E-state index is -0.526. The summed E-state index contributed by atoms with van der Waals surface area (Å²) in [5.74, 6) is 0.849. The van der Waals surface area contributed by atoms with Gasteiger partial charge in [0.25, 0.3) is 0 Å². The topological polar surface area (TPSA) is 61.6 Å². The van der Waals surface area contributed by atoms with Gasteiger partial charge in [-0.3, -0.25) is 10.1 Å². The molecule has 2 aromatic rings. The van der Waals surface area contributed by atoms with E-state index in [1.165, 1.54) is 12.1 Å². The van der Waals surface area contributed by atoms with Crippen LogP contribution in [0.5, 0.6) is 11.5 Å². The van der Waals surface area contributed by atoms with Crippen molar-refractivity contribution in [3.8, 4) is 11.5 Å². The highest BCUT2D eigenvalue weighted by molar-refractivity contribution is 9.10. The van der Waals surface area contributed by atoms with Crippen LogP contribution in [0.1, 0.15) is 5.56 Å². The Morgan fingerprint density at radius 3 is 2.71 bits per heavy atom. The van der Waals surface area contributed by atoms with Crippen LogP contribution >= 0.6 is 27.5 Å². The number of nitro groups is 1. The molecule has 5 nitrogen and oxygen atoms in total. The maximum atomic E-state index is 11.0. The molecule has 0 unspecified atom stereocenters. The van der Waals surface area contributed by atoms with E-state index in [1.807, 2.05) is 6.07 Å². The number of ether oxygens (including phenoxy) is 2. The lowest BCUT2D eigenvalue weighted by Gasteiger charge is -2.10. The Morgan fingerprint density at radius 2 is 2.05 bits per heavy atom. The minimum absolute atomic E-state index is 0.165. The van der Waals surface area contributed by atoms with Gasteiger partial charge in [-0.1, -0.05) is 27.5 Å². The largest absolute Gasteiger partial charge is 0.497 e. The lowest BCUT2D eigenvalue weighted by molar-refractivity contribution is -0.385. The average Bonchev–Trinajstić information content (AvgIpc) is 2.47. The van der Waals surface area contributed by atoms with E-state index >= 15 is 0 Å². The second-order valence-corrected chi connectivity index (χ2v) is 5.41. The van der Waals surface area contributed by atoms with Crippen LogP contribution < -0.4 is 9.47 Å². The van der Waals surface area contributed by atoms with E-state index in [0.29, 0.717) is 5.75 Å². The zero-order chi connectivity index (χ0) is 15.4. The summed E-state index contributed by atoms with van der Waals surface area (Å²) in [5, 5.41) is 11.3. The fourth-order valence-corrected chi connectivity index (χ4v) is 2.23. The Bertz CT molecular complexity index is 678. The fraction of sp³-hybridized carbons (Fsp3) is 0.143. The number of methoxy groups -OCH3 is 1. The lowest BCUT2D eigenvalue weighted by Crippen LogP contribution is -2.00. The van der Waals surface area contributed by atoms with Crippen molar-refractivity contribution in [2.75, 3.05) is 7.11 Å². The van der Waals surface area contributed by atoms with Gasteiger partial charge in [-0.15, -0.1) is 0 Å². The van der Waals surface area contributed by atoms with Crippen molar-refractivity contribution in [1.29, 1.82) is 0 Å². The van der Waals surface area contributed by atoms with Gasteiger partial charge in [0.1, 0.15) is 12.4 Å². The molecule has 0 spiro atoms. The molecule has 0 atom stereocenters. The molecular formula is C14H11BrClNO4. The first kappa shape index (κ1) is 15.6. The maximum Gasteiger partial charge on any atom is 0.312 e. The Labute approximate surface area is 134 Å². The van der Waals surface area contributed by atoms with Crippen molar-refractivity contribution in [2.45, 2.75) is 6.61 Å². The van der Waals surface area contributed by atoms with Crippen LogP contribution in [0.15, 0.2) is 40.9 Å². The van der Waals surface area contributed by atoms with Crippen LogP contribution in [-0.2, 0) is 6.61 Å². The fourth-order valence-electron chi connectivity index (χ4n) is 1.70. The highest BCUT2D eigenvalue weighted by atomic mass is 79.9. The molecular weight excluding hydrogens is 362 g/mol. The van der Waals surface area contributed by atoms with Crippen LogP contribution in [0, 0.1) is 10.1 Å². The summed E-state index contributed by atoms with van der Waals surface area (Å²) in [5.41, 5.74) is 0.653. The van der Waals surface area contributed by atoms with Crippen molar-refractivity contribution in [1.82, 2.24) is 0 Å². The number of nitrogens with zero attached hydrogens (tertiary/aromatic N) is 1. The van der Waals surface area contributed by atoms with E-state index in [1.54, 1.807) is 25.3 Å².